The highest BCUT2D eigenvalue weighted by atomic mass is 32.2. The van der Waals surface area contributed by atoms with Crippen LogP contribution >= 0.6 is 11.8 Å². The monoisotopic (exact) mass is 418 g/mol. The number of carbonyl (C=O) groups is 3. The molecule has 1 aliphatic heterocycles. The quantitative estimate of drug-likeness (QED) is 0.434. The van der Waals surface area contributed by atoms with Crippen LogP contribution in [0.25, 0.3) is 0 Å². The molecular formula is C22H30N2O4S. The highest BCUT2D eigenvalue weighted by Gasteiger charge is 2.37. The van der Waals surface area contributed by atoms with Gasteiger partial charge in [0.25, 0.3) is 5.91 Å². The van der Waals surface area contributed by atoms with Gasteiger partial charge in [-0.25, -0.2) is 0 Å². The Bertz CT molecular complexity index is 746. The fourth-order valence-corrected chi connectivity index (χ4v) is 4.41. The summed E-state index contributed by atoms with van der Waals surface area (Å²) in [5.41, 5.74) is 0.788. The second-order valence-corrected chi connectivity index (χ2v) is 8.76. The number of esters is 1. The molecule has 1 saturated carbocycles. The maximum absolute atomic E-state index is 12.6. The Kier molecular flexibility index (Phi) is 7.58. The molecule has 1 aromatic carbocycles. The van der Waals surface area contributed by atoms with Gasteiger partial charge in [0.15, 0.2) is 6.10 Å². The van der Waals surface area contributed by atoms with E-state index in [1.165, 1.54) is 12.8 Å². The van der Waals surface area contributed by atoms with Gasteiger partial charge >= 0.3 is 5.97 Å². The summed E-state index contributed by atoms with van der Waals surface area (Å²) < 4.78 is 5.41. The van der Waals surface area contributed by atoms with Crippen molar-refractivity contribution in [3.63, 3.8) is 0 Å². The van der Waals surface area contributed by atoms with E-state index in [1.807, 2.05) is 30.5 Å². The first kappa shape index (κ1) is 21.7. The van der Waals surface area contributed by atoms with Crippen molar-refractivity contribution in [2.24, 2.45) is 5.92 Å². The van der Waals surface area contributed by atoms with Crippen LogP contribution in [0, 0.1) is 5.92 Å². The van der Waals surface area contributed by atoms with Crippen LogP contribution in [0.5, 0.6) is 0 Å². The topological polar surface area (TPSA) is 75.7 Å². The summed E-state index contributed by atoms with van der Waals surface area (Å²) in [4.78, 5) is 40.1. The van der Waals surface area contributed by atoms with Crippen molar-refractivity contribution in [2.45, 2.75) is 68.9 Å². The molecule has 6 nitrogen and oxygen atoms in total. The Labute approximate surface area is 176 Å². The molecule has 0 aromatic heterocycles. The average Bonchev–Trinajstić information content (AvgIpc) is 2.93. The number of nitrogens with zero attached hydrogens (tertiary/aromatic N) is 1. The van der Waals surface area contributed by atoms with Crippen molar-refractivity contribution in [1.29, 1.82) is 0 Å². The molecule has 7 heteroatoms. The van der Waals surface area contributed by atoms with E-state index >= 15 is 0 Å². The summed E-state index contributed by atoms with van der Waals surface area (Å²) in [5.74, 6) is -1.38. The molecule has 1 saturated heterocycles. The van der Waals surface area contributed by atoms with Crippen molar-refractivity contribution in [3.8, 4) is 0 Å². The van der Waals surface area contributed by atoms with E-state index in [4.69, 9.17) is 4.74 Å². The standard InChI is InChI=1S/C22H30N2O4S/c1-15(21(26)23-17-8-5-3-4-6-9-17)28-22(27)16-12-20(25)24(14-16)18-10-7-11-19(13-18)29-2/h7,10-11,13,15-17H,3-6,8-9,12,14H2,1-2H3,(H,23,26)/t15-,16-/m0/s1. The first-order chi connectivity index (χ1) is 14.0. The lowest BCUT2D eigenvalue weighted by Crippen LogP contribution is -2.42. The SMILES string of the molecule is CSc1cccc(N2C[C@@H](C(=O)O[C@@H](C)C(=O)NC3CCCCCC3)CC2=O)c1. The second-order valence-electron chi connectivity index (χ2n) is 7.88. The van der Waals surface area contributed by atoms with Gasteiger partial charge in [0.1, 0.15) is 0 Å². The number of benzene rings is 1. The van der Waals surface area contributed by atoms with E-state index in [0.29, 0.717) is 0 Å². The number of nitrogens with one attached hydrogen (secondary N) is 1. The molecule has 1 N–H and O–H groups in total. The third-order valence-corrected chi connectivity index (χ3v) is 6.41. The molecule has 1 aliphatic carbocycles. The third-order valence-electron chi connectivity index (χ3n) is 5.69. The van der Waals surface area contributed by atoms with Crippen LogP contribution in [-0.2, 0) is 19.1 Å². The molecule has 3 rings (SSSR count). The molecular weight excluding hydrogens is 388 g/mol. The first-order valence-corrected chi connectivity index (χ1v) is 11.7. The molecule has 2 aliphatic rings. The first-order valence-electron chi connectivity index (χ1n) is 10.4. The summed E-state index contributed by atoms with van der Waals surface area (Å²) in [6, 6.07) is 7.86. The number of amides is 2. The van der Waals surface area contributed by atoms with Gasteiger partial charge in [-0.15, -0.1) is 11.8 Å². The lowest BCUT2D eigenvalue weighted by atomic mass is 10.1. The Morgan fingerprint density at radius 3 is 2.62 bits per heavy atom. The fraction of sp³-hybridized carbons (Fsp3) is 0.591. The molecule has 2 atom stereocenters. The van der Waals surface area contributed by atoms with E-state index in [1.54, 1.807) is 23.6 Å². The number of hydrogen-bond acceptors (Lipinski definition) is 5. The van der Waals surface area contributed by atoms with Gasteiger partial charge in [0.05, 0.1) is 5.92 Å². The summed E-state index contributed by atoms with van der Waals surface area (Å²) in [7, 11) is 0. The summed E-state index contributed by atoms with van der Waals surface area (Å²) in [6.45, 7) is 1.88. The predicted octanol–water partition coefficient (Wildman–Crippen LogP) is 3.53. The van der Waals surface area contributed by atoms with Crippen LogP contribution in [0.4, 0.5) is 5.69 Å². The average molecular weight is 419 g/mol. The molecule has 0 unspecified atom stereocenters. The molecule has 0 bridgehead atoms. The largest absolute Gasteiger partial charge is 0.452 e. The van der Waals surface area contributed by atoms with Crippen LogP contribution in [0.3, 0.4) is 0 Å². The van der Waals surface area contributed by atoms with Crippen LogP contribution in [0.2, 0.25) is 0 Å². The van der Waals surface area contributed by atoms with E-state index < -0.39 is 18.0 Å². The molecule has 0 spiro atoms. The molecule has 29 heavy (non-hydrogen) atoms. The van der Waals surface area contributed by atoms with Crippen molar-refractivity contribution in [1.82, 2.24) is 5.32 Å². The number of carbonyl (C=O) groups excluding carboxylic acids is 3. The fourth-order valence-electron chi connectivity index (χ4n) is 3.96. The summed E-state index contributed by atoms with van der Waals surface area (Å²) in [5, 5.41) is 3.01. The van der Waals surface area contributed by atoms with E-state index in [9.17, 15) is 14.4 Å². The molecule has 0 radical (unpaired) electrons. The van der Waals surface area contributed by atoms with Crippen LogP contribution in [0.15, 0.2) is 29.2 Å². The minimum atomic E-state index is -0.852. The lowest BCUT2D eigenvalue weighted by Gasteiger charge is -2.21. The Morgan fingerprint density at radius 1 is 1.21 bits per heavy atom. The van der Waals surface area contributed by atoms with Gasteiger partial charge in [-0.1, -0.05) is 31.7 Å². The predicted molar refractivity (Wildman–Crippen MR) is 114 cm³/mol. The highest BCUT2D eigenvalue weighted by molar-refractivity contribution is 7.98. The number of thioether (sulfide) groups is 1. The normalized spacial score (nSPS) is 21.5. The van der Waals surface area contributed by atoms with Gasteiger partial charge in [-0.3, -0.25) is 14.4 Å². The lowest BCUT2D eigenvalue weighted by molar-refractivity contribution is -0.158. The summed E-state index contributed by atoms with van der Waals surface area (Å²) >= 11 is 1.60. The van der Waals surface area contributed by atoms with Gasteiger partial charge in [0.2, 0.25) is 5.91 Å². The molecule has 1 aromatic rings. The number of ether oxygens (including phenoxy) is 1. The van der Waals surface area contributed by atoms with E-state index in [2.05, 4.69) is 5.32 Å². The van der Waals surface area contributed by atoms with Crippen LogP contribution in [0.1, 0.15) is 51.9 Å². The van der Waals surface area contributed by atoms with Crippen molar-refractivity contribution in [2.75, 3.05) is 17.7 Å². The number of anilines is 1. The minimum Gasteiger partial charge on any atom is -0.452 e. The highest BCUT2D eigenvalue weighted by Crippen LogP contribution is 2.29. The summed E-state index contributed by atoms with van der Waals surface area (Å²) in [6.07, 6.45) is 7.86. The Morgan fingerprint density at radius 2 is 1.93 bits per heavy atom. The second kappa shape index (κ2) is 10.1. The zero-order valence-corrected chi connectivity index (χ0v) is 18.0. The van der Waals surface area contributed by atoms with Crippen molar-refractivity contribution >= 4 is 35.2 Å². The molecule has 2 amide bonds. The van der Waals surface area contributed by atoms with Gasteiger partial charge in [-0.05, 0) is 44.2 Å². The Hall–Kier alpha value is -2.02. The Balaban J connectivity index is 1.53. The van der Waals surface area contributed by atoms with Gasteiger partial charge < -0.3 is 15.0 Å². The van der Waals surface area contributed by atoms with E-state index in [-0.39, 0.29) is 30.8 Å². The molecule has 158 valence electrons. The minimum absolute atomic E-state index is 0.0965. The zero-order chi connectivity index (χ0) is 20.8. The number of rotatable bonds is 6. The van der Waals surface area contributed by atoms with E-state index in [0.717, 1.165) is 36.3 Å². The number of hydrogen-bond donors (Lipinski definition) is 1. The van der Waals surface area contributed by atoms with Crippen LogP contribution in [-0.4, -0.2) is 42.7 Å². The molecule has 1 heterocycles. The third kappa shape index (κ3) is 5.75. The van der Waals surface area contributed by atoms with Crippen molar-refractivity contribution < 1.29 is 19.1 Å². The maximum atomic E-state index is 12.6. The maximum Gasteiger partial charge on any atom is 0.312 e. The molecule has 2 fully saturated rings. The van der Waals surface area contributed by atoms with Gasteiger partial charge in [-0.2, -0.15) is 0 Å². The van der Waals surface area contributed by atoms with Crippen LogP contribution < -0.4 is 10.2 Å². The van der Waals surface area contributed by atoms with Gasteiger partial charge in [0, 0.05) is 29.6 Å². The smallest absolute Gasteiger partial charge is 0.312 e. The van der Waals surface area contributed by atoms with Crippen molar-refractivity contribution in [3.05, 3.63) is 24.3 Å². The zero-order valence-electron chi connectivity index (χ0n) is 17.2.